The number of likely N-dealkylation sites (N-methyl/N-ethyl adjacent to an activating group) is 1. The molecule has 1 aromatic heterocycles. The van der Waals surface area contributed by atoms with E-state index in [4.69, 9.17) is 16.3 Å². The van der Waals surface area contributed by atoms with Crippen LogP contribution in [-0.4, -0.2) is 41.9 Å². The van der Waals surface area contributed by atoms with Crippen LogP contribution in [0.1, 0.15) is 12.5 Å². The topological polar surface area (TPSA) is 71.5 Å². The van der Waals surface area contributed by atoms with Gasteiger partial charge in [0.2, 0.25) is 0 Å². The fourth-order valence-electron chi connectivity index (χ4n) is 2.29. The van der Waals surface area contributed by atoms with Gasteiger partial charge in [-0.3, -0.25) is 14.6 Å². The zero-order valence-corrected chi connectivity index (χ0v) is 14.9. The van der Waals surface area contributed by atoms with E-state index in [-0.39, 0.29) is 0 Å². The summed E-state index contributed by atoms with van der Waals surface area (Å²) in [6, 6.07) is 8.57. The maximum absolute atomic E-state index is 12.4. The van der Waals surface area contributed by atoms with E-state index >= 15 is 0 Å². The molecule has 0 saturated heterocycles. The average molecular weight is 362 g/mol. The van der Waals surface area contributed by atoms with E-state index in [1.807, 2.05) is 19.1 Å². The van der Waals surface area contributed by atoms with Crippen molar-refractivity contribution in [3.63, 3.8) is 0 Å². The number of rotatable bonds is 6. The fraction of sp³-hybridized carbons (Fsp3) is 0.278. The van der Waals surface area contributed by atoms with Crippen LogP contribution in [0.15, 0.2) is 42.7 Å². The van der Waals surface area contributed by atoms with Crippen LogP contribution in [0.3, 0.4) is 0 Å². The predicted molar refractivity (Wildman–Crippen MR) is 96.8 cm³/mol. The summed E-state index contributed by atoms with van der Waals surface area (Å²) < 4.78 is 5.06. The Bertz CT molecular complexity index is 738. The Kier molecular flexibility index (Phi) is 6.77. The summed E-state index contributed by atoms with van der Waals surface area (Å²) in [6.07, 6.45) is 4.06. The van der Waals surface area contributed by atoms with Gasteiger partial charge in [0.1, 0.15) is 5.75 Å². The molecule has 0 aliphatic heterocycles. The van der Waals surface area contributed by atoms with E-state index in [1.54, 1.807) is 30.6 Å². The maximum Gasteiger partial charge on any atom is 0.313 e. The molecule has 0 fully saturated rings. The highest BCUT2D eigenvalue weighted by atomic mass is 35.5. The van der Waals surface area contributed by atoms with Crippen LogP contribution in [0.4, 0.5) is 5.69 Å². The standard InChI is InChI=1S/C18H20ClN3O3/c1-3-22(11-8-13-6-9-20-10-7-13)18(24)17(23)21-14-4-5-16(25-2)15(19)12-14/h4-7,9-10,12H,3,8,11H2,1-2H3,(H,21,23). The first kappa shape index (κ1) is 18.7. The molecular formula is C18H20ClN3O3. The first-order valence-electron chi connectivity index (χ1n) is 7.87. The third-order valence-corrected chi connectivity index (χ3v) is 3.99. The van der Waals surface area contributed by atoms with Gasteiger partial charge < -0.3 is 15.0 Å². The van der Waals surface area contributed by atoms with E-state index in [1.165, 1.54) is 12.0 Å². The Morgan fingerprint density at radius 1 is 1.24 bits per heavy atom. The lowest BCUT2D eigenvalue weighted by molar-refractivity contribution is -0.143. The van der Waals surface area contributed by atoms with Gasteiger partial charge in [0.05, 0.1) is 12.1 Å². The van der Waals surface area contributed by atoms with Crippen LogP contribution in [0.25, 0.3) is 0 Å². The number of halogens is 1. The minimum atomic E-state index is -0.696. The lowest BCUT2D eigenvalue weighted by Crippen LogP contribution is -2.40. The van der Waals surface area contributed by atoms with Gasteiger partial charge in [0, 0.05) is 31.2 Å². The fourth-order valence-corrected chi connectivity index (χ4v) is 2.55. The van der Waals surface area contributed by atoms with Crippen molar-refractivity contribution >= 4 is 29.1 Å². The van der Waals surface area contributed by atoms with Gasteiger partial charge >= 0.3 is 11.8 Å². The number of nitrogens with zero attached hydrogens (tertiary/aromatic N) is 2. The molecule has 132 valence electrons. The van der Waals surface area contributed by atoms with Crippen LogP contribution in [0, 0.1) is 0 Å². The quantitative estimate of drug-likeness (QED) is 0.803. The number of hydrogen-bond donors (Lipinski definition) is 1. The summed E-state index contributed by atoms with van der Waals surface area (Å²) in [7, 11) is 1.50. The second-order valence-electron chi connectivity index (χ2n) is 5.29. The van der Waals surface area contributed by atoms with Gasteiger partial charge in [-0.05, 0) is 49.2 Å². The number of anilines is 1. The lowest BCUT2D eigenvalue weighted by Gasteiger charge is -2.20. The zero-order valence-electron chi connectivity index (χ0n) is 14.2. The summed E-state index contributed by atoms with van der Waals surface area (Å²) in [6.45, 7) is 2.73. The molecule has 0 spiro atoms. The predicted octanol–water partition coefficient (Wildman–Crippen LogP) is 2.77. The smallest absolute Gasteiger partial charge is 0.313 e. The SMILES string of the molecule is CCN(CCc1ccncc1)C(=O)C(=O)Nc1ccc(OC)c(Cl)c1. The number of methoxy groups -OCH3 is 1. The Morgan fingerprint density at radius 2 is 1.96 bits per heavy atom. The van der Waals surface area contributed by atoms with Crippen LogP contribution < -0.4 is 10.1 Å². The summed E-state index contributed by atoms with van der Waals surface area (Å²) in [5.41, 5.74) is 1.50. The Labute approximate surface area is 151 Å². The van der Waals surface area contributed by atoms with Crippen molar-refractivity contribution in [2.45, 2.75) is 13.3 Å². The number of carbonyl (C=O) groups excluding carboxylic acids is 2. The highest BCUT2D eigenvalue weighted by Crippen LogP contribution is 2.27. The molecule has 25 heavy (non-hydrogen) atoms. The molecule has 0 unspecified atom stereocenters. The number of nitrogens with one attached hydrogen (secondary N) is 1. The molecule has 0 aliphatic rings. The second kappa shape index (κ2) is 9.03. The number of benzene rings is 1. The van der Waals surface area contributed by atoms with Crippen molar-refractivity contribution in [3.05, 3.63) is 53.3 Å². The van der Waals surface area contributed by atoms with Gasteiger partial charge in [-0.25, -0.2) is 0 Å². The second-order valence-corrected chi connectivity index (χ2v) is 5.70. The van der Waals surface area contributed by atoms with Crippen molar-refractivity contribution in [2.24, 2.45) is 0 Å². The highest BCUT2D eigenvalue weighted by molar-refractivity contribution is 6.39. The first-order valence-corrected chi connectivity index (χ1v) is 8.25. The minimum absolute atomic E-state index is 0.359. The van der Waals surface area contributed by atoms with Gasteiger partial charge in [-0.1, -0.05) is 11.6 Å². The first-order chi connectivity index (χ1) is 12.0. The zero-order chi connectivity index (χ0) is 18.2. The Morgan fingerprint density at radius 3 is 2.56 bits per heavy atom. The molecule has 1 aromatic carbocycles. The summed E-state index contributed by atoms with van der Waals surface area (Å²) in [5.74, 6) is -0.778. The molecule has 2 amide bonds. The van der Waals surface area contributed by atoms with Crippen molar-refractivity contribution in [2.75, 3.05) is 25.5 Å². The third-order valence-electron chi connectivity index (χ3n) is 3.69. The lowest BCUT2D eigenvalue weighted by atomic mass is 10.2. The van der Waals surface area contributed by atoms with Crippen LogP contribution in [0.2, 0.25) is 5.02 Å². The molecule has 6 nitrogen and oxygen atoms in total. The number of pyridine rings is 1. The van der Waals surface area contributed by atoms with E-state index in [2.05, 4.69) is 10.3 Å². The molecular weight excluding hydrogens is 342 g/mol. The minimum Gasteiger partial charge on any atom is -0.495 e. The Hall–Kier alpha value is -2.60. The number of aromatic nitrogens is 1. The number of hydrogen-bond acceptors (Lipinski definition) is 4. The van der Waals surface area contributed by atoms with E-state index in [0.717, 1.165) is 5.56 Å². The molecule has 0 aliphatic carbocycles. The van der Waals surface area contributed by atoms with Crippen LogP contribution in [0.5, 0.6) is 5.75 Å². The normalized spacial score (nSPS) is 10.2. The van der Waals surface area contributed by atoms with Crippen molar-refractivity contribution in [1.29, 1.82) is 0 Å². The van der Waals surface area contributed by atoms with Gasteiger partial charge in [0.25, 0.3) is 0 Å². The largest absolute Gasteiger partial charge is 0.495 e. The third kappa shape index (κ3) is 5.19. The molecule has 0 saturated carbocycles. The monoisotopic (exact) mass is 361 g/mol. The summed E-state index contributed by atoms with van der Waals surface area (Å²) in [4.78, 5) is 30.0. The molecule has 2 rings (SSSR count). The summed E-state index contributed by atoms with van der Waals surface area (Å²) >= 11 is 6.02. The molecule has 0 atom stereocenters. The molecule has 1 heterocycles. The number of amides is 2. The number of ether oxygens (including phenoxy) is 1. The summed E-state index contributed by atoms with van der Waals surface area (Å²) in [5, 5.41) is 2.93. The molecule has 7 heteroatoms. The molecule has 1 N–H and O–H groups in total. The van der Waals surface area contributed by atoms with Gasteiger partial charge in [-0.15, -0.1) is 0 Å². The maximum atomic E-state index is 12.4. The van der Waals surface area contributed by atoms with Crippen molar-refractivity contribution in [1.82, 2.24) is 9.88 Å². The van der Waals surface area contributed by atoms with Crippen molar-refractivity contribution in [3.8, 4) is 5.75 Å². The average Bonchev–Trinajstić information content (AvgIpc) is 2.63. The van der Waals surface area contributed by atoms with Gasteiger partial charge in [-0.2, -0.15) is 0 Å². The molecule has 2 aromatic rings. The van der Waals surface area contributed by atoms with E-state index in [9.17, 15) is 9.59 Å². The van der Waals surface area contributed by atoms with E-state index in [0.29, 0.717) is 36.0 Å². The molecule has 0 bridgehead atoms. The highest BCUT2D eigenvalue weighted by Gasteiger charge is 2.20. The van der Waals surface area contributed by atoms with Gasteiger partial charge in [0.15, 0.2) is 0 Å². The van der Waals surface area contributed by atoms with E-state index < -0.39 is 11.8 Å². The molecule has 0 radical (unpaired) electrons. The Balaban J connectivity index is 1.97. The van der Waals surface area contributed by atoms with Crippen LogP contribution >= 0.6 is 11.6 Å². The van der Waals surface area contributed by atoms with Crippen molar-refractivity contribution < 1.29 is 14.3 Å². The number of carbonyl (C=O) groups is 2. The van der Waals surface area contributed by atoms with Crippen LogP contribution in [-0.2, 0) is 16.0 Å².